The van der Waals surface area contributed by atoms with Crippen LogP contribution in [-0.2, 0) is 9.53 Å². The van der Waals surface area contributed by atoms with Crippen LogP contribution >= 0.6 is 0 Å². The first-order chi connectivity index (χ1) is 7.97. The van der Waals surface area contributed by atoms with Crippen molar-refractivity contribution in [2.75, 3.05) is 12.3 Å². The topological polar surface area (TPSA) is 52.3 Å². The Morgan fingerprint density at radius 3 is 2.65 bits per heavy atom. The number of benzene rings is 1. The van der Waals surface area contributed by atoms with Crippen molar-refractivity contribution in [2.24, 2.45) is 5.92 Å². The Labute approximate surface area is 101 Å². The third-order valence-corrected chi connectivity index (χ3v) is 2.95. The zero-order chi connectivity index (χ0) is 13.0. The monoisotopic (exact) mass is 239 g/mol. The number of anilines is 1. The highest BCUT2D eigenvalue weighted by Crippen LogP contribution is 2.27. The first-order valence-corrected chi connectivity index (χ1v) is 5.69. The molecular weight excluding hydrogens is 221 g/mol. The van der Waals surface area contributed by atoms with Crippen LogP contribution in [0.2, 0.25) is 0 Å². The summed E-state index contributed by atoms with van der Waals surface area (Å²) in [7, 11) is 0. The van der Waals surface area contributed by atoms with E-state index in [2.05, 4.69) is 0 Å². The first-order valence-electron chi connectivity index (χ1n) is 5.69. The molecule has 0 spiro atoms. The molecule has 17 heavy (non-hydrogen) atoms. The second kappa shape index (κ2) is 5.66. The third-order valence-electron chi connectivity index (χ3n) is 2.95. The number of hydrogen-bond donors (Lipinski definition) is 1. The van der Waals surface area contributed by atoms with Gasteiger partial charge in [0.25, 0.3) is 0 Å². The second-order valence-electron chi connectivity index (χ2n) is 4.11. The molecule has 1 rings (SSSR count). The van der Waals surface area contributed by atoms with Gasteiger partial charge < -0.3 is 10.5 Å². The zero-order valence-electron chi connectivity index (χ0n) is 10.4. The van der Waals surface area contributed by atoms with Gasteiger partial charge in [-0.15, -0.1) is 0 Å². The molecule has 0 aromatic heterocycles. The molecule has 0 heterocycles. The van der Waals surface area contributed by atoms with Crippen LogP contribution in [0.1, 0.15) is 32.3 Å². The number of nitrogens with two attached hydrogens (primary N) is 1. The van der Waals surface area contributed by atoms with Gasteiger partial charge in [0, 0.05) is 0 Å². The van der Waals surface area contributed by atoms with E-state index in [1.54, 1.807) is 26.0 Å². The van der Waals surface area contributed by atoms with Gasteiger partial charge in [0.1, 0.15) is 5.82 Å². The van der Waals surface area contributed by atoms with Crippen molar-refractivity contribution < 1.29 is 13.9 Å². The van der Waals surface area contributed by atoms with Crippen molar-refractivity contribution >= 4 is 11.7 Å². The summed E-state index contributed by atoms with van der Waals surface area (Å²) >= 11 is 0. The van der Waals surface area contributed by atoms with Gasteiger partial charge in [-0.3, -0.25) is 4.79 Å². The molecule has 0 amide bonds. The summed E-state index contributed by atoms with van der Waals surface area (Å²) in [5.74, 6) is -1.02. The van der Waals surface area contributed by atoms with Crippen molar-refractivity contribution in [2.45, 2.75) is 26.7 Å². The molecule has 0 saturated carbocycles. The molecule has 0 saturated heterocycles. The molecule has 0 fully saturated rings. The summed E-state index contributed by atoms with van der Waals surface area (Å²) in [5, 5.41) is 0. The number of esters is 1. The lowest BCUT2D eigenvalue weighted by Gasteiger charge is -2.19. The molecule has 0 radical (unpaired) electrons. The van der Waals surface area contributed by atoms with Crippen molar-refractivity contribution in [3.8, 4) is 0 Å². The summed E-state index contributed by atoms with van der Waals surface area (Å²) in [6.07, 6.45) is 0. The van der Waals surface area contributed by atoms with Crippen LogP contribution in [0.5, 0.6) is 0 Å². The fourth-order valence-electron chi connectivity index (χ4n) is 1.61. The number of carbonyl (C=O) groups excluding carboxylic acids is 1. The predicted molar refractivity (Wildman–Crippen MR) is 65.0 cm³/mol. The van der Waals surface area contributed by atoms with Crippen molar-refractivity contribution in [3.05, 3.63) is 29.6 Å². The Morgan fingerprint density at radius 2 is 2.12 bits per heavy atom. The molecule has 94 valence electrons. The Balaban J connectivity index is 2.84. The number of halogens is 1. The first kappa shape index (κ1) is 13.5. The van der Waals surface area contributed by atoms with Gasteiger partial charge >= 0.3 is 5.97 Å². The Morgan fingerprint density at radius 1 is 1.47 bits per heavy atom. The molecular formula is C13H18FNO2. The SMILES string of the molecule is CCOC(=O)C(C)C(C)c1ccc(F)c(N)c1. The van der Waals surface area contributed by atoms with Gasteiger partial charge in [0.15, 0.2) is 0 Å². The minimum atomic E-state index is -0.440. The van der Waals surface area contributed by atoms with Gasteiger partial charge in [-0.2, -0.15) is 0 Å². The molecule has 2 atom stereocenters. The average Bonchev–Trinajstić information content (AvgIpc) is 2.31. The highest BCUT2D eigenvalue weighted by atomic mass is 19.1. The lowest BCUT2D eigenvalue weighted by Crippen LogP contribution is -2.20. The normalized spacial score (nSPS) is 14.1. The van der Waals surface area contributed by atoms with Gasteiger partial charge in [-0.05, 0) is 30.5 Å². The number of hydrogen-bond acceptors (Lipinski definition) is 3. The smallest absolute Gasteiger partial charge is 0.309 e. The zero-order valence-corrected chi connectivity index (χ0v) is 10.4. The van der Waals surface area contributed by atoms with Crippen LogP contribution in [0.3, 0.4) is 0 Å². The summed E-state index contributed by atoms with van der Waals surface area (Å²) in [5.41, 5.74) is 6.44. The number of nitrogen functional groups attached to an aromatic ring is 1. The van der Waals surface area contributed by atoms with E-state index in [1.807, 2.05) is 6.92 Å². The molecule has 0 aliphatic carbocycles. The van der Waals surface area contributed by atoms with Gasteiger partial charge in [0.2, 0.25) is 0 Å². The van der Waals surface area contributed by atoms with E-state index in [1.165, 1.54) is 6.07 Å². The molecule has 4 heteroatoms. The Hall–Kier alpha value is -1.58. The fourth-order valence-corrected chi connectivity index (χ4v) is 1.61. The van der Waals surface area contributed by atoms with Crippen LogP contribution in [0.15, 0.2) is 18.2 Å². The van der Waals surface area contributed by atoms with Crippen molar-refractivity contribution in [1.82, 2.24) is 0 Å². The molecule has 1 aromatic carbocycles. The van der Waals surface area contributed by atoms with E-state index in [0.29, 0.717) is 6.61 Å². The molecule has 0 bridgehead atoms. The van der Waals surface area contributed by atoms with Crippen LogP contribution in [0, 0.1) is 11.7 Å². The summed E-state index contributed by atoms with van der Waals surface area (Å²) < 4.78 is 18.0. The molecule has 0 aliphatic heterocycles. The summed E-state index contributed by atoms with van der Waals surface area (Å²) in [6, 6.07) is 4.53. The van der Waals surface area contributed by atoms with Crippen molar-refractivity contribution in [3.63, 3.8) is 0 Å². The maximum absolute atomic E-state index is 13.0. The van der Waals surface area contributed by atoms with E-state index in [4.69, 9.17) is 10.5 Å². The highest BCUT2D eigenvalue weighted by Gasteiger charge is 2.23. The van der Waals surface area contributed by atoms with Crippen LogP contribution < -0.4 is 5.73 Å². The summed E-state index contributed by atoms with van der Waals surface area (Å²) in [6.45, 7) is 5.82. The van der Waals surface area contributed by atoms with Crippen LogP contribution in [-0.4, -0.2) is 12.6 Å². The second-order valence-corrected chi connectivity index (χ2v) is 4.11. The number of carbonyl (C=O) groups is 1. The van der Waals surface area contributed by atoms with Gasteiger partial charge in [-0.1, -0.05) is 19.9 Å². The molecule has 2 unspecified atom stereocenters. The lowest BCUT2D eigenvalue weighted by atomic mass is 9.89. The van der Waals surface area contributed by atoms with Gasteiger partial charge in [0.05, 0.1) is 18.2 Å². The van der Waals surface area contributed by atoms with E-state index in [0.717, 1.165) is 5.56 Å². The maximum atomic E-state index is 13.0. The highest BCUT2D eigenvalue weighted by molar-refractivity contribution is 5.73. The number of ether oxygens (including phenoxy) is 1. The molecule has 1 aromatic rings. The van der Waals surface area contributed by atoms with E-state index >= 15 is 0 Å². The fraction of sp³-hybridized carbons (Fsp3) is 0.462. The minimum absolute atomic E-state index is 0.0584. The Bertz CT molecular complexity index is 406. The molecule has 3 nitrogen and oxygen atoms in total. The van der Waals surface area contributed by atoms with E-state index in [9.17, 15) is 9.18 Å². The van der Waals surface area contributed by atoms with E-state index in [-0.39, 0.29) is 23.5 Å². The molecule has 0 aliphatic rings. The van der Waals surface area contributed by atoms with E-state index < -0.39 is 5.82 Å². The predicted octanol–water partition coefficient (Wildman–Crippen LogP) is 2.71. The third kappa shape index (κ3) is 3.19. The van der Waals surface area contributed by atoms with Crippen LogP contribution in [0.25, 0.3) is 0 Å². The quantitative estimate of drug-likeness (QED) is 0.649. The van der Waals surface area contributed by atoms with Crippen LogP contribution in [0.4, 0.5) is 10.1 Å². The standard InChI is InChI=1S/C13H18FNO2/c1-4-17-13(16)9(3)8(2)10-5-6-11(14)12(15)7-10/h5-9H,4,15H2,1-3H3. The van der Waals surface area contributed by atoms with Crippen molar-refractivity contribution in [1.29, 1.82) is 0 Å². The average molecular weight is 239 g/mol. The minimum Gasteiger partial charge on any atom is -0.466 e. The van der Waals surface area contributed by atoms with Gasteiger partial charge in [-0.25, -0.2) is 4.39 Å². The largest absolute Gasteiger partial charge is 0.466 e. The molecule has 2 N–H and O–H groups in total. The summed E-state index contributed by atoms with van der Waals surface area (Å²) in [4.78, 5) is 11.6. The number of rotatable bonds is 4. The lowest BCUT2D eigenvalue weighted by molar-refractivity contribution is -0.148. The maximum Gasteiger partial charge on any atom is 0.309 e. The Kier molecular flexibility index (Phi) is 4.49.